The number of para-hydroxylation sites is 1. The number of hydrogen-bond donors (Lipinski definition) is 1. The molecule has 214 valence electrons. The number of carbonyl (C=O) groups is 1. The van der Waals surface area contributed by atoms with Crippen molar-refractivity contribution in [3.8, 4) is 5.75 Å². The monoisotopic (exact) mass is 643 g/mol. The summed E-state index contributed by atoms with van der Waals surface area (Å²) in [5, 5.41) is 14.7. The first-order chi connectivity index (χ1) is 20.9. The molecule has 0 aliphatic rings. The number of methoxy groups -OCH3 is 1. The topological polar surface area (TPSA) is 120 Å². The standard InChI is InChI=1S/C30H21N5O4S4/c1-39-21-10-7-19(8-11-21)32-28(36)17-40-29-33-23-12-9-20(15-27(23)43-29)31-16-18-6-13-26(24(14-18)35(37)38)42-30-34-22-4-2-3-5-25(22)41-30/h2-16H,17H2,1H3,(H,32,36). The number of anilines is 1. The summed E-state index contributed by atoms with van der Waals surface area (Å²) in [6.07, 6.45) is 1.61. The van der Waals surface area contributed by atoms with Crippen molar-refractivity contribution in [1.29, 1.82) is 0 Å². The third-order valence-electron chi connectivity index (χ3n) is 6.07. The van der Waals surface area contributed by atoms with Crippen molar-refractivity contribution in [1.82, 2.24) is 9.97 Å². The highest BCUT2D eigenvalue weighted by Gasteiger charge is 2.17. The number of nitrogens with one attached hydrogen (secondary N) is 1. The number of nitrogens with zero attached hydrogens (tertiary/aromatic N) is 4. The number of aromatic nitrogens is 2. The maximum absolute atomic E-state index is 12.4. The highest BCUT2D eigenvalue weighted by molar-refractivity contribution is 8.01. The third-order valence-corrected chi connectivity index (χ3v) is 10.4. The van der Waals surface area contributed by atoms with Gasteiger partial charge in [0.15, 0.2) is 8.68 Å². The summed E-state index contributed by atoms with van der Waals surface area (Å²) < 4.78 is 8.63. The smallest absolute Gasteiger partial charge is 0.283 e. The van der Waals surface area contributed by atoms with Gasteiger partial charge in [0, 0.05) is 18.0 Å². The molecule has 0 fully saturated rings. The van der Waals surface area contributed by atoms with Gasteiger partial charge >= 0.3 is 0 Å². The van der Waals surface area contributed by atoms with Gasteiger partial charge in [0.2, 0.25) is 5.91 Å². The number of fused-ring (bicyclic) bond motifs is 2. The number of nitro groups is 1. The summed E-state index contributed by atoms with van der Waals surface area (Å²) in [6.45, 7) is 0. The lowest BCUT2D eigenvalue weighted by atomic mass is 10.2. The highest BCUT2D eigenvalue weighted by Crippen LogP contribution is 2.39. The fraction of sp³-hybridized carbons (Fsp3) is 0.0667. The van der Waals surface area contributed by atoms with E-state index < -0.39 is 0 Å². The van der Waals surface area contributed by atoms with Crippen LogP contribution in [0.4, 0.5) is 17.1 Å². The van der Waals surface area contributed by atoms with Crippen molar-refractivity contribution in [2.75, 3.05) is 18.2 Å². The average molecular weight is 644 g/mol. The molecule has 0 saturated carbocycles. The molecule has 0 unspecified atom stereocenters. The second-order valence-corrected chi connectivity index (χ2v) is 13.6. The average Bonchev–Trinajstić information content (AvgIpc) is 3.62. The Morgan fingerprint density at radius 3 is 2.53 bits per heavy atom. The molecule has 43 heavy (non-hydrogen) atoms. The van der Waals surface area contributed by atoms with Crippen molar-refractivity contribution in [3.05, 3.63) is 101 Å². The van der Waals surface area contributed by atoms with E-state index in [1.165, 1.54) is 52.3 Å². The molecule has 1 amide bonds. The zero-order valence-corrected chi connectivity index (χ0v) is 25.7. The molecule has 6 rings (SSSR count). The number of nitro benzene ring substituents is 1. The van der Waals surface area contributed by atoms with Crippen LogP contribution in [0.15, 0.2) is 103 Å². The van der Waals surface area contributed by atoms with Crippen LogP contribution in [-0.4, -0.2) is 39.9 Å². The Bertz CT molecular complexity index is 1960. The van der Waals surface area contributed by atoms with Crippen molar-refractivity contribution < 1.29 is 14.5 Å². The van der Waals surface area contributed by atoms with E-state index in [0.717, 1.165) is 34.9 Å². The minimum Gasteiger partial charge on any atom is -0.497 e. The number of benzene rings is 4. The Morgan fingerprint density at radius 2 is 1.74 bits per heavy atom. The van der Waals surface area contributed by atoms with Crippen LogP contribution in [-0.2, 0) is 4.79 Å². The normalized spacial score (nSPS) is 11.4. The van der Waals surface area contributed by atoms with Gasteiger partial charge in [-0.05, 0) is 66.2 Å². The zero-order chi connectivity index (χ0) is 29.8. The van der Waals surface area contributed by atoms with Gasteiger partial charge in [0.1, 0.15) is 5.75 Å². The van der Waals surface area contributed by atoms with Gasteiger partial charge in [-0.2, -0.15) is 0 Å². The Kier molecular flexibility index (Phi) is 8.65. The van der Waals surface area contributed by atoms with Crippen LogP contribution in [0, 0.1) is 10.1 Å². The summed E-state index contributed by atoms with van der Waals surface area (Å²) in [5.41, 5.74) is 3.70. The molecule has 0 aliphatic heterocycles. The Labute approximate surface area is 262 Å². The van der Waals surface area contributed by atoms with Crippen LogP contribution in [0.5, 0.6) is 5.75 Å². The quantitative estimate of drug-likeness (QED) is 0.0683. The highest BCUT2D eigenvalue weighted by atomic mass is 32.2. The number of hydrogen-bond acceptors (Lipinski definition) is 11. The van der Waals surface area contributed by atoms with E-state index in [1.807, 2.05) is 48.5 Å². The minimum atomic E-state index is -0.382. The first-order valence-electron chi connectivity index (χ1n) is 12.8. The molecule has 0 bridgehead atoms. The molecule has 2 heterocycles. The SMILES string of the molecule is COc1ccc(NC(=O)CSc2nc3ccc(N=Cc4ccc(Sc5nc6ccccc6s5)c([N+](=O)[O-])c4)cc3s2)cc1. The Hall–Kier alpha value is -4.30. The van der Waals surface area contributed by atoms with Crippen LogP contribution in [0.3, 0.4) is 0 Å². The number of ether oxygens (including phenoxy) is 1. The maximum Gasteiger partial charge on any atom is 0.283 e. The van der Waals surface area contributed by atoms with E-state index in [4.69, 9.17) is 4.74 Å². The third kappa shape index (κ3) is 7.03. The largest absolute Gasteiger partial charge is 0.497 e. The Balaban J connectivity index is 1.11. The molecule has 0 radical (unpaired) electrons. The van der Waals surface area contributed by atoms with Gasteiger partial charge in [-0.3, -0.25) is 19.9 Å². The predicted molar refractivity (Wildman–Crippen MR) is 176 cm³/mol. The lowest BCUT2D eigenvalue weighted by molar-refractivity contribution is -0.387. The summed E-state index contributed by atoms with van der Waals surface area (Å²) >= 11 is 5.64. The second-order valence-electron chi connectivity index (χ2n) is 8.99. The molecule has 2 aromatic heterocycles. The van der Waals surface area contributed by atoms with Gasteiger partial charge in [0.05, 0.1) is 48.8 Å². The molecule has 0 saturated heterocycles. The van der Waals surface area contributed by atoms with Crippen molar-refractivity contribution in [3.63, 3.8) is 0 Å². The van der Waals surface area contributed by atoms with Crippen LogP contribution in [0.2, 0.25) is 0 Å². The van der Waals surface area contributed by atoms with Crippen molar-refractivity contribution in [2.24, 2.45) is 4.99 Å². The summed E-state index contributed by atoms with van der Waals surface area (Å²) in [4.78, 5) is 38.1. The lowest BCUT2D eigenvalue weighted by Gasteiger charge is -2.05. The fourth-order valence-corrected chi connectivity index (χ4v) is 8.02. The van der Waals surface area contributed by atoms with Crippen LogP contribution >= 0.6 is 46.2 Å². The zero-order valence-electron chi connectivity index (χ0n) is 22.4. The Morgan fingerprint density at radius 1 is 0.977 bits per heavy atom. The number of aliphatic imine (C=N–C) groups is 1. The van der Waals surface area contributed by atoms with Gasteiger partial charge in [-0.25, -0.2) is 9.97 Å². The van der Waals surface area contributed by atoms with E-state index >= 15 is 0 Å². The second kappa shape index (κ2) is 12.9. The van der Waals surface area contributed by atoms with Gasteiger partial charge in [0.25, 0.3) is 5.69 Å². The van der Waals surface area contributed by atoms with E-state index in [9.17, 15) is 14.9 Å². The molecule has 6 aromatic rings. The summed E-state index contributed by atoms with van der Waals surface area (Å²) in [5.74, 6) is 0.821. The molecule has 4 aromatic carbocycles. The molecule has 0 spiro atoms. The number of thioether (sulfide) groups is 1. The van der Waals surface area contributed by atoms with E-state index in [1.54, 1.807) is 43.7 Å². The molecule has 1 N–H and O–H groups in total. The molecule has 0 atom stereocenters. The fourth-order valence-electron chi connectivity index (χ4n) is 4.01. The van der Waals surface area contributed by atoms with Gasteiger partial charge < -0.3 is 10.1 Å². The minimum absolute atomic E-state index is 0.00353. The summed E-state index contributed by atoms with van der Waals surface area (Å²) in [7, 11) is 1.59. The van der Waals surface area contributed by atoms with Crippen molar-refractivity contribution in [2.45, 2.75) is 13.6 Å². The number of carbonyl (C=O) groups excluding carboxylic acids is 1. The van der Waals surface area contributed by atoms with Crippen LogP contribution < -0.4 is 10.1 Å². The van der Waals surface area contributed by atoms with E-state index in [0.29, 0.717) is 21.8 Å². The number of thiazole rings is 2. The predicted octanol–water partition coefficient (Wildman–Crippen LogP) is 8.46. The molecular formula is C30H21N5O4S4. The maximum atomic E-state index is 12.4. The molecule has 0 aliphatic carbocycles. The van der Waals surface area contributed by atoms with E-state index in [-0.39, 0.29) is 22.3 Å². The number of amides is 1. The molecular weight excluding hydrogens is 623 g/mol. The first kappa shape index (κ1) is 28.8. The number of rotatable bonds is 10. The van der Waals surface area contributed by atoms with Gasteiger partial charge in [-0.1, -0.05) is 41.7 Å². The van der Waals surface area contributed by atoms with Crippen LogP contribution in [0.25, 0.3) is 20.4 Å². The van der Waals surface area contributed by atoms with Gasteiger partial charge in [-0.15, -0.1) is 22.7 Å². The summed E-state index contributed by atoms with van der Waals surface area (Å²) in [6, 6.07) is 25.6. The lowest BCUT2D eigenvalue weighted by Crippen LogP contribution is -2.13. The van der Waals surface area contributed by atoms with E-state index in [2.05, 4.69) is 20.3 Å². The van der Waals surface area contributed by atoms with Crippen molar-refractivity contribution >= 4 is 95.8 Å². The molecule has 13 heteroatoms. The van der Waals surface area contributed by atoms with Crippen LogP contribution in [0.1, 0.15) is 5.56 Å². The first-order valence-corrected chi connectivity index (χ1v) is 16.2. The molecule has 9 nitrogen and oxygen atoms in total.